The molecule has 0 aliphatic heterocycles. The molecule has 78 valence electrons. The fraction of sp³-hybridized carbons (Fsp3) is 0.200. The molecule has 3 nitrogen and oxygen atoms in total. The first-order valence-electron chi connectivity index (χ1n) is 4.17. The Bertz CT molecular complexity index is 438. The van der Waals surface area contributed by atoms with E-state index in [1.165, 1.54) is 12.1 Å². The molecular formula is C10H7Cl2NO2. The van der Waals surface area contributed by atoms with Gasteiger partial charge in [-0.05, 0) is 19.1 Å². The SMILES string of the molecule is CCOC(=O)c1ccc(C#N)c(Cl)c1Cl. The third kappa shape index (κ3) is 2.41. The number of ether oxygens (including phenoxy) is 1. The van der Waals surface area contributed by atoms with Gasteiger partial charge in [0, 0.05) is 0 Å². The van der Waals surface area contributed by atoms with Gasteiger partial charge < -0.3 is 4.74 Å². The zero-order valence-corrected chi connectivity index (χ0v) is 9.39. The average Bonchev–Trinajstić information content (AvgIpc) is 2.22. The second kappa shape index (κ2) is 5.01. The highest BCUT2D eigenvalue weighted by molar-refractivity contribution is 6.44. The Morgan fingerprint density at radius 3 is 2.67 bits per heavy atom. The summed E-state index contributed by atoms with van der Waals surface area (Å²) in [6, 6.07) is 4.72. The summed E-state index contributed by atoms with van der Waals surface area (Å²) in [5.41, 5.74) is 0.400. The number of hydrogen-bond donors (Lipinski definition) is 0. The van der Waals surface area contributed by atoms with Crippen LogP contribution in [0.5, 0.6) is 0 Å². The first-order valence-corrected chi connectivity index (χ1v) is 4.92. The Morgan fingerprint density at radius 2 is 2.13 bits per heavy atom. The zero-order valence-electron chi connectivity index (χ0n) is 7.88. The number of carbonyl (C=O) groups excluding carboxylic acids is 1. The van der Waals surface area contributed by atoms with Crippen molar-refractivity contribution in [1.29, 1.82) is 5.26 Å². The van der Waals surface area contributed by atoms with Crippen molar-refractivity contribution in [3.05, 3.63) is 33.3 Å². The maximum Gasteiger partial charge on any atom is 0.339 e. The van der Waals surface area contributed by atoms with Gasteiger partial charge in [-0.15, -0.1) is 0 Å². The van der Waals surface area contributed by atoms with Crippen molar-refractivity contribution in [2.75, 3.05) is 6.61 Å². The highest BCUT2D eigenvalue weighted by atomic mass is 35.5. The Kier molecular flexibility index (Phi) is 3.96. The van der Waals surface area contributed by atoms with Crippen molar-refractivity contribution in [2.24, 2.45) is 0 Å². The highest BCUT2D eigenvalue weighted by Gasteiger charge is 2.16. The van der Waals surface area contributed by atoms with Gasteiger partial charge in [0.05, 0.1) is 27.8 Å². The van der Waals surface area contributed by atoms with Crippen LogP contribution >= 0.6 is 23.2 Å². The lowest BCUT2D eigenvalue weighted by Crippen LogP contribution is -2.05. The summed E-state index contributed by atoms with van der Waals surface area (Å²) in [5.74, 6) is -0.547. The molecule has 0 saturated heterocycles. The predicted molar refractivity (Wildman–Crippen MR) is 57.1 cm³/mol. The van der Waals surface area contributed by atoms with Gasteiger partial charge in [0.2, 0.25) is 0 Å². The van der Waals surface area contributed by atoms with Crippen LogP contribution in [0.2, 0.25) is 10.0 Å². The van der Waals surface area contributed by atoms with Gasteiger partial charge in [-0.2, -0.15) is 5.26 Å². The Labute approximate surface area is 97.2 Å². The summed E-state index contributed by atoms with van der Waals surface area (Å²) in [5, 5.41) is 8.79. The van der Waals surface area contributed by atoms with Gasteiger partial charge in [-0.1, -0.05) is 23.2 Å². The summed E-state index contributed by atoms with van der Waals surface area (Å²) >= 11 is 11.6. The van der Waals surface area contributed by atoms with Crippen molar-refractivity contribution in [3.8, 4) is 6.07 Å². The number of esters is 1. The Hall–Kier alpha value is -1.24. The van der Waals surface area contributed by atoms with E-state index in [1.54, 1.807) is 6.92 Å². The summed E-state index contributed by atoms with van der Waals surface area (Å²) < 4.78 is 4.77. The van der Waals surface area contributed by atoms with Crippen molar-refractivity contribution in [1.82, 2.24) is 0 Å². The summed E-state index contributed by atoms with van der Waals surface area (Å²) in [6.45, 7) is 1.95. The van der Waals surface area contributed by atoms with Gasteiger partial charge >= 0.3 is 5.97 Å². The molecule has 1 aromatic rings. The normalized spacial score (nSPS) is 9.47. The first kappa shape index (κ1) is 11.8. The Balaban J connectivity index is 3.19. The topological polar surface area (TPSA) is 50.1 Å². The molecule has 0 saturated carbocycles. The molecule has 5 heteroatoms. The van der Waals surface area contributed by atoms with E-state index in [0.29, 0.717) is 0 Å². The molecule has 0 amide bonds. The van der Waals surface area contributed by atoms with E-state index in [0.717, 1.165) is 0 Å². The van der Waals surface area contributed by atoms with E-state index in [2.05, 4.69) is 0 Å². The maximum atomic E-state index is 11.4. The number of nitrogens with zero attached hydrogens (tertiary/aromatic N) is 1. The van der Waals surface area contributed by atoms with Crippen LogP contribution in [0.1, 0.15) is 22.8 Å². The van der Waals surface area contributed by atoms with Crippen LogP contribution in [0.25, 0.3) is 0 Å². The van der Waals surface area contributed by atoms with E-state index in [1.807, 2.05) is 6.07 Å². The molecule has 0 atom stereocenters. The molecule has 1 aromatic carbocycles. The minimum Gasteiger partial charge on any atom is -0.462 e. The predicted octanol–water partition coefficient (Wildman–Crippen LogP) is 3.04. The molecule has 0 aliphatic carbocycles. The van der Waals surface area contributed by atoms with Crippen LogP contribution in [0.15, 0.2) is 12.1 Å². The van der Waals surface area contributed by atoms with E-state index in [-0.39, 0.29) is 27.8 Å². The Morgan fingerprint density at radius 1 is 1.47 bits per heavy atom. The molecule has 0 N–H and O–H groups in total. The summed E-state index contributed by atoms with van der Waals surface area (Å²) in [4.78, 5) is 11.4. The molecule has 1 rings (SSSR count). The molecule has 0 bridgehead atoms. The second-order valence-electron chi connectivity index (χ2n) is 2.62. The van der Waals surface area contributed by atoms with E-state index in [4.69, 9.17) is 33.2 Å². The third-order valence-corrected chi connectivity index (χ3v) is 2.58. The fourth-order valence-corrected chi connectivity index (χ4v) is 1.45. The highest BCUT2D eigenvalue weighted by Crippen LogP contribution is 2.29. The van der Waals surface area contributed by atoms with Crippen molar-refractivity contribution in [3.63, 3.8) is 0 Å². The minimum atomic E-state index is -0.547. The van der Waals surface area contributed by atoms with Crippen LogP contribution in [-0.4, -0.2) is 12.6 Å². The van der Waals surface area contributed by atoms with Gasteiger partial charge in [0.15, 0.2) is 0 Å². The van der Waals surface area contributed by atoms with Crippen molar-refractivity contribution >= 4 is 29.2 Å². The zero-order chi connectivity index (χ0) is 11.4. The van der Waals surface area contributed by atoms with Crippen LogP contribution < -0.4 is 0 Å². The lowest BCUT2D eigenvalue weighted by Gasteiger charge is -2.05. The number of nitriles is 1. The number of rotatable bonds is 2. The average molecular weight is 244 g/mol. The monoisotopic (exact) mass is 243 g/mol. The van der Waals surface area contributed by atoms with Crippen LogP contribution in [0.3, 0.4) is 0 Å². The van der Waals surface area contributed by atoms with Gasteiger partial charge in [-0.25, -0.2) is 4.79 Å². The number of benzene rings is 1. The lowest BCUT2D eigenvalue weighted by atomic mass is 10.1. The van der Waals surface area contributed by atoms with Crippen LogP contribution in [0.4, 0.5) is 0 Å². The standard InChI is InChI=1S/C10H7Cl2NO2/c1-2-15-10(14)7-4-3-6(5-13)8(11)9(7)12/h3-4H,2H2,1H3. The molecular weight excluding hydrogens is 237 g/mol. The lowest BCUT2D eigenvalue weighted by molar-refractivity contribution is 0.0526. The molecule has 0 heterocycles. The van der Waals surface area contributed by atoms with Gasteiger partial charge in [0.1, 0.15) is 6.07 Å². The van der Waals surface area contributed by atoms with E-state index in [9.17, 15) is 4.79 Å². The number of hydrogen-bond acceptors (Lipinski definition) is 3. The van der Waals surface area contributed by atoms with E-state index >= 15 is 0 Å². The summed E-state index contributed by atoms with van der Waals surface area (Å²) in [7, 11) is 0. The van der Waals surface area contributed by atoms with Crippen LogP contribution in [-0.2, 0) is 4.74 Å². The largest absolute Gasteiger partial charge is 0.462 e. The van der Waals surface area contributed by atoms with Crippen molar-refractivity contribution < 1.29 is 9.53 Å². The van der Waals surface area contributed by atoms with Crippen molar-refractivity contribution in [2.45, 2.75) is 6.92 Å². The van der Waals surface area contributed by atoms with Gasteiger partial charge in [0.25, 0.3) is 0 Å². The maximum absolute atomic E-state index is 11.4. The first-order chi connectivity index (χ1) is 7.11. The quantitative estimate of drug-likeness (QED) is 0.751. The molecule has 0 fully saturated rings. The molecule has 0 aromatic heterocycles. The smallest absolute Gasteiger partial charge is 0.339 e. The number of halogens is 2. The number of carbonyl (C=O) groups is 1. The molecule has 0 unspecified atom stereocenters. The summed E-state index contributed by atoms with van der Waals surface area (Å²) in [6.07, 6.45) is 0. The molecule has 0 spiro atoms. The molecule has 0 radical (unpaired) electrons. The van der Waals surface area contributed by atoms with E-state index < -0.39 is 5.97 Å². The third-order valence-electron chi connectivity index (χ3n) is 1.70. The molecule has 15 heavy (non-hydrogen) atoms. The second-order valence-corrected chi connectivity index (χ2v) is 3.38. The van der Waals surface area contributed by atoms with Gasteiger partial charge in [-0.3, -0.25) is 0 Å². The van der Waals surface area contributed by atoms with Crippen LogP contribution in [0, 0.1) is 11.3 Å². The minimum absolute atomic E-state index is 0.0502. The fourth-order valence-electron chi connectivity index (χ4n) is 1.00. The molecule has 0 aliphatic rings.